The van der Waals surface area contributed by atoms with E-state index in [4.69, 9.17) is 0 Å². The molecule has 5 heteroatoms. The number of rotatable bonds is 8. The van der Waals surface area contributed by atoms with Gasteiger partial charge in [0.15, 0.2) is 0 Å². The van der Waals surface area contributed by atoms with Crippen LogP contribution in [0.15, 0.2) is 24.3 Å². The summed E-state index contributed by atoms with van der Waals surface area (Å²) in [6.45, 7) is 9.30. The molecule has 1 heterocycles. The smallest absolute Gasteiger partial charge is 0.124 e. The summed E-state index contributed by atoms with van der Waals surface area (Å²) in [5.74, 6) is -1.15. The molecule has 23 heavy (non-hydrogen) atoms. The van der Waals surface area contributed by atoms with Crippen LogP contribution in [0.4, 0.5) is 0 Å². The molecule has 4 nitrogen and oxygen atoms in total. The second-order valence-corrected chi connectivity index (χ2v) is 6.76. The molecular weight excluding hydrogens is 308 g/mol. The van der Waals surface area contributed by atoms with Gasteiger partial charge in [0, 0.05) is 11.1 Å². The van der Waals surface area contributed by atoms with Crippen LogP contribution in [0.25, 0.3) is 10.6 Å². The third kappa shape index (κ3) is 4.39. The molecule has 124 valence electrons. The lowest BCUT2D eigenvalue weighted by Gasteiger charge is -2.18. The molecule has 0 saturated carbocycles. The zero-order chi connectivity index (χ0) is 16.8. The Bertz CT molecular complexity index is 667. The van der Waals surface area contributed by atoms with Gasteiger partial charge >= 0.3 is 0 Å². The van der Waals surface area contributed by atoms with Crippen molar-refractivity contribution in [3.8, 4) is 10.6 Å². The first-order valence-corrected chi connectivity index (χ1v) is 8.99. The first kappa shape index (κ1) is 17.6. The number of nitrogens with zero attached hydrogens (tertiary/aromatic N) is 1. The molecule has 1 aromatic heterocycles. The van der Waals surface area contributed by atoms with Crippen molar-refractivity contribution in [3.63, 3.8) is 0 Å². The molecule has 0 aliphatic heterocycles. The van der Waals surface area contributed by atoms with Gasteiger partial charge in [-0.1, -0.05) is 37.6 Å². The number of benzene rings is 1. The molecule has 2 rings (SSSR count). The lowest BCUT2D eigenvalue weighted by molar-refractivity contribution is -0.912. The molecule has 1 N–H and O–H groups in total. The van der Waals surface area contributed by atoms with Gasteiger partial charge in [-0.25, -0.2) is 4.98 Å². The molecule has 0 saturated heterocycles. The van der Waals surface area contributed by atoms with E-state index in [-0.39, 0.29) is 4.88 Å². The standard InChI is InChI=1S/C18H24N2O2S/c1-4-6-11-20(5-2)12-14-9-7-8-10-15(14)17-19-13(3)16(23-17)18(21)22/h7-10H,4-6,11-12H2,1-3H3,(H,21,22). The fourth-order valence-corrected chi connectivity index (χ4v) is 3.63. The van der Waals surface area contributed by atoms with Crippen LogP contribution in [0, 0.1) is 6.92 Å². The first-order valence-electron chi connectivity index (χ1n) is 8.17. The van der Waals surface area contributed by atoms with E-state index in [9.17, 15) is 9.90 Å². The Morgan fingerprint density at radius 3 is 2.65 bits per heavy atom. The number of carbonyl (C=O) groups is 1. The van der Waals surface area contributed by atoms with Crippen molar-refractivity contribution in [2.45, 2.75) is 40.2 Å². The van der Waals surface area contributed by atoms with Gasteiger partial charge in [0.1, 0.15) is 11.6 Å². The number of aromatic carboxylic acids is 1. The normalized spacial score (nSPS) is 12.3. The zero-order valence-electron chi connectivity index (χ0n) is 14.0. The topological polar surface area (TPSA) is 57.5 Å². The van der Waals surface area contributed by atoms with Gasteiger partial charge < -0.3 is 14.8 Å². The second-order valence-electron chi connectivity index (χ2n) is 5.76. The molecule has 0 spiro atoms. The van der Waals surface area contributed by atoms with Gasteiger partial charge in [0.25, 0.3) is 0 Å². The average Bonchev–Trinajstić information content (AvgIpc) is 2.93. The van der Waals surface area contributed by atoms with Crippen LogP contribution < -0.4 is 10.0 Å². The maximum absolute atomic E-state index is 11.1. The Morgan fingerprint density at radius 2 is 2.04 bits per heavy atom. The van der Waals surface area contributed by atoms with Gasteiger partial charge in [-0.15, -0.1) is 11.3 Å². The highest BCUT2D eigenvalue weighted by Gasteiger charge is 2.16. The number of hydrogen-bond donors (Lipinski definition) is 1. The van der Waals surface area contributed by atoms with E-state index >= 15 is 0 Å². The van der Waals surface area contributed by atoms with Gasteiger partial charge in [-0.05, 0) is 20.3 Å². The number of carbonyl (C=O) groups excluding carboxylic acids is 1. The van der Waals surface area contributed by atoms with Gasteiger partial charge in [0.2, 0.25) is 0 Å². The lowest BCUT2D eigenvalue weighted by Crippen LogP contribution is -3.10. The molecule has 0 fully saturated rings. The van der Waals surface area contributed by atoms with Gasteiger partial charge in [-0.3, -0.25) is 0 Å². The van der Waals surface area contributed by atoms with Crippen LogP contribution in [0.2, 0.25) is 0 Å². The van der Waals surface area contributed by atoms with Crippen molar-refractivity contribution in [1.82, 2.24) is 4.98 Å². The van der Waals surface area contributed by atoms with Crippen LogP contribution in [-0.2, 0) is 6.54 Å². The Balaban J connectivity index is 2.30. The molecular formula is C18H24N2O2S. The van der Waals surface area contributed by atoms with Crippen molar-refractivity contribution < 1.29 is 14.8 Å². The molecule has 0 aliphatic rings. The number of carboxylic acid groups (broad SMARTS) is 1. The quantitative estimate of drug-likeness (QED) is 0.800. The highest BCUT2D eigenvalue weighted by atomic mass is 32.1. The van der Waals surface area contributed by atoms with Crippen LogP contribution in [0.5, 0.6) is 0 Å². The fraction of sp³-hybridized carbons (Fsp3) is 0.444. The third-order valence-electron chi connectivity index (χ3n) is 4.05. The minimum absolute atomic E-state index is 0.223. The van der Waals surface area contributed by atoms with E-state index in [2.05, 4.69) is 24.9 Å². The van der Waals surface area contributed by atoms with Gasteiger partial charge in [0.05, 0.1) is 29.6 Å². The summed E-state index contributed by atoms with van der Waals surface area (Å²) in [6, 6.07) is 8.16. The second kappa shape index (κ2) is 8.22. The summed E-state index contributed by atoms with van der Waals surface area (Å²) in [4.78, 5) is 17.4. The molecule has 1 atom stereocenters. The Hall–Kier alpha value is -1.72. The van der Waals surface area contributed by atoms with E-state index in [1.807, 2.05) is 18.2 Å². The summed E-state index contributed by atoms with van der Waals surface area (Å²) in [7, 11) is 0. The Kier molecular flexibility index (Phi) is 6.30. The average molecular weight is 332 g/mol. The monoisotopic (exact) mass is 332 g/mol. The van der Waals surface area contributed by atoms with Crippen molar-refractivity contribution >= 4 is 17.3 Å². The van der Waals surface area contributed by atoms with E-state index in [1.54, 1.807) is 6.92 Å². The highest BCUT2D eigenvalue weighted by molar-refractivity contribution is 7.17. The minimum Gasteiger partial charge on any atom is -0.544 e. The van der Waals surface area contributed by atoms with E-state index in [0.29, 0.717) is 5.69 Å². The van der Waals surface area contributed by atoms with E-state index in [0.717, 1.165) is 30.2 Å². The predicted molar refractivity (Wildman–Crippen MR) is 91.6 cm³/mol. The van der Waals surface area contributed by atoms with Crippen LogP contribution in [0.1, 0.15) is 47.6 Å². The van der Waals surface area contributed by atoms with Crippen molar-refractivity contribution in [3.05, 3.63) is 40.4 Å². The van der Waals surface area contributed by atoms with Gasteiger partial charge in [-0.2, -0.15) is 0 Å². The fourth-order valence-electron chi connectivity index (χ4n) is 2.67. The number of aromatic nitrogens is 1. The molecule has 1 aromatic carbocycles. The minimum atomic E-state index is -1.15. The van der Waals surface area contributed by atoms with Crippen LogP contribution in [0.3, 0.4) is 0 Å². The summed E-state index contributed by atoms with van der Waals surface area (Å²) >= 11 is 1.21. The number of carboxylic acids is 1. The number of unbranched alkanes of at least 4 members (excludes halogenated alkanes) is 1. The number of quaternary nitrogens is 1. The lowest BCUT2D eigenvalue weighted by atomic mass is 10.1. The Labute approximate surface area is 141 Å². The first-order chi connectivity index (χ1) is 11.1. The number of aryl methyl sites for hydroxylation is 1. The molecule has 0 amide bonds. The molecule has 0 bridgehead atoms. The SMILES string of the molecule is CCCC[NH+](CC)Cc1ccccc1-c1nc(C)c(C(=O)[O-])s1. The van der Waals surface area contributed by atoms with Crippen molar-refractivity contribution in [1.29, 1.82) is 0 Å². The molecule has 0 radical (unpaired) electrons. The van der Waals surface area contributed by atoms with Crippen LogP contribution in [-0.4, -0.2) is 24.0 Å². The zero-order valence-corrected chi connectivity index (χ0v) is 14.8. The van der Waals surface area contributed by atoms with Crippen molar-refractivity contribution in [2.75, 3.05) is 13.1 Å². The number of hydrogen-bond acceptors (Lipinski definition) is 4. The summed E-state index contributed by atoms with van der Waals surface area (Å²) < 4.78 is 0. The summed E-state index contributed by atoms with van der Waals surface area (Å²) in [5, 5.41) is 11.9. The summed E-state index contributed by atoms with van der Waals surface area (Å²) in [5.41, 5.74) is 2.79. The molecule has 1 unspecified atom stereocenters. The maximum atomic E-state index is 11.1. The molecule has 2 aromatic rings. The number of thiazole rings is 1. The van der Waals surface area contributed by atoms with Crippen LogP contribution >= 0.6 is 11.3 Å². The highest BCUT2D eigenvalue weighted by Crippen LogP contribution is 2.29. The third-order valence-corrected chi connectivity index (χ3v) is 5.22. The number of nitrogens with one attached hydrogen (secondary N) is 1. The Morgan fingerprint density at radius 1 is 1.30 bits per heavy atom. The van der Waals surface area contributed by atoms with E-state index < -0.39 is 5.97 Å². The largest absolute Gasteiger partial charge is 0.544 e. The molecule has 0 aliphatic carbocycles. The van der Waals surface area contributed by atoms with Crippen molar-refractivity contribution in [2.24, 2.45) is 0 Å². The maximum Gasteiger partial charge on any atom is 0.124 e. The predicted octanol–water partition coefficient (Wildman–Crippen LogP) is 1.69. The van der Waals surface area contributed by atoms with E-state index in [1.165, 1.54) is 34.6 Å². The summed E-state index contributed by atoms with van der Waals surface area (Å²) in [6.07, 6.45) is 2.42.